The number of rotatable bonds is 5. The highest BCUT2D eigenvalue weighted by Gasteiger charge is 2.15. The van der Waals surface area contributed by atoms with E-state index in [2.05, 4.69) is 51.6 Å². The van der Waals surface area contributed by atoms with Crippen LogP contribution in [0, 0.1) is 6.92 Å². The smallest absolute Gasteiger partial charge is 0.157 e. The molecule has 0 aliphatic heterocycles. The number of imidazole rings is 1. The van der Waals surface area contributed by atoms with Gasteiger partial charge in [-0.1, -0.05) is 29.8 Å². The van der Waals surface area contributed by atoms with Crippen LogP contribution < -0.4 is 10.2 Å². The lowest BCUT2D eigenvalue weighted by Gasteiger charge is -2.23. The number of nitrogens with one attached hydrogen (secondary N) is 1. The molecule has 1 N–H and O–H groups in total. The van der Waals surface area contributed by atoms with E-state index in [-0.39, 0.29) is 0 Å². The molecule has 0 aliphatic carbocycles. The van der Waals surface area contributed by atoms with E-state index in [0.717, 1.165) is 52.4 Å². The van der Waals surface area contributed by atoms with Gasteiger partial charge in [-0.2, -0.15) is 0 Å². The van der Waals surface area contributed by atoms with Gasteiger partial charge in [0.15, 0.2) is 5.82 Å². The van der Waals surface area contributed by atoms with Crippen molar-refractivity contribution in [3.63, 3.8) is 0 Å². The molecule has 0 atom stereocenters. The zero-order chi connectivity index (χ0) is 19.0. The summed E-state index contributed by atoms with van der Waals surface area (Å²) in [5.41, 5.74) is 5.95. The van der Waals surface area contributed by atoms with Gasteiger partial charge in [-0.05, 0) is 44.5 Å². The van der Waals surface area contributed by atoms with Gasteiger partial charge >= 0.3 is 0 Å². The number of halogens is 1. The Morgan fingerprint density at radius 3 is 2.59 bits per heavy atom. The first-order chi connectivity index (χ1) is 13.1. The number of hydrogen-bond acceptors (Lipinski definition) is 4. The number of aromatic nitrogens is 3. The van der Waals surface area contributed by atoms with E-state index in [1.54, 1.807) is 0 Å². The molecule has 0 saturated carbocycles. The quantitative estimate of drug-likeness (QED) is 0.502. The van der Waals surface area contributed by atoms with Crippen LogP contribution in [0.5, 0.6) is 0 Å². The third-order valence-electron chi connectivity index (χ3n) is 4.93. The zero-order valence-corrected chi connectivity index (χ0v) is 16.5. The van der Waals surface area contributed by atoms with Gasteiger partial charge in [-0.25, -0.2) is 9.97 Å². The standard InChI is InChI=1S/C21H22ClN5/c1-4-26(5-2)16-10-7-11-17-20(16)25-21(18-12-23-13-27(17)18)24-19-14(3)8-6-9-15(19)22/h6-13H,4-5H2,1-3H3,(H,24,25). The highest BCUT2D eigenvalue weighted by atomic mass is 35.5. The predicted molar refractivity (Wildman–Crippen MR) is 114 cm³/mol. The summed E-state index contributed by atoms with van der Waals surface area (Å²) in [6, 6.07) is 12.1. The van der Waals surface area contributed by atoms with E-state index in [1.807, 2.05) is 37.6 Å². The normalized spacial score (nSPS) is 11.3. The molecule has 4 aromatic rings. The number of hydrogen-bond donors (Lipinski definition) is 1. The first kappa shape index (κ1) is 17.6. The van der Waals surface area contributed by atoms with Crippen LogP contribution in [0.1, 0.15) is 19.4 Å². The highest BCUT2D eigenvalue weighted by molar-refractivity contribution is 6.33. The molecule has 0 fully saturated rings. The molecule has 27 heavy (non-hydrogen) atoms. The molecule has 0 radical (unpaired) electrons. The molecule has 2 aromatic carbocycles. The second kappa shape index (κ2) is 7.08. The molecule has 0 spiro atoms. The molecule has 0 aliphatic rings. The van der Waals surface area contributed by atoms with Crippen molar-refractivity contribution in [2.75, 3.05) is 23.3 Å². The maximum Gasteiger partial charge on any atom is 0.157 e. The van der Waals surface area contributed by atoms with Crippen molar-refractivity contribution < 1.29 is 0 Å². The predicted octanol–water partition coefficient (Wildman–Crippen LogP) is 5.43. The summed E-state index contributed by atoms with van der Waals surface area (Å²) in [6.07, 6.45) is 3.65. The molecule has 5 nitrogen and oxygen atoms in total. The minimum Gasteiger partial charge on any atom is -0.370 e. The first-order valence-corrected chi connectivity index (χ1v) is 9.53. The lowest BCUT2D eigenvalue weighted by atomic mass is 10.2. The van der Waals surface area contributed by atoms with Gasteiger partial charge in [0, 0.05) is 13.1 Å². The van der Waals surface area contributed by atoms with Gasteiger partial charge in [0.1, 0.15) is 11.0 Å². The molecule has 6 heteroatoms. The van der Waals surface area contributed by atoms with Gasteiger partial charge in [0.2, 0.25) is 0 Å². The average Bonchev–Trinajstić information content (AvgIpc) is 3.16. The van der Waals surface area contributed by atoms with Crippen molar-refractivity contribution in [1.29, 1.82) is 0 Å². The molecular formula is C21H22ClN5. The number of anilines is 3. The van der Waals surface area contributed by atoms with Crippen LogP contribution in [0.15, 0.2) is 48.9 Å². The number of aryl methyl sites for hydroxylation is 1. The number of para-hydroxylation sites is 2. The Morgan fingerprint density at radius 2 is 1.85 bits per heavy atom. The Morgan fingerprint density at radius 1 is 1.07 bits per heavy atom. The van der Waals surface area contributed by atoms with Crippen LogP contribution in [-0.4, -0.2) is 27.5 Å². The summed E-state index contributed by atoms with van der Waals surface area (Å²) < 4.78 is 2.07. The van der Waals surface area contributed by atoms with E-state index in [1.165, 1.54) is 0 Å². The maximum atomic E-state index is 6.43. The maximum absolute atomic E-state index is 6.43. The van der Waals surface area contributed by atoms with E-state index in [0.29, 0.717) is 5.02 Å². The second-order valence-corrected chi connectivity index (χ2v) is 6.89. The Balaban J connectivity index is 1.97. The molecule has 2 aromatic heterocycles. The van der Waals surface area contributed by atoms with E-state index in [9.17, 15) is 0 Å². The van der Waals surface area contributed by atoms with Crippen molar-refractivity contribution in [1.82, 2.24) is 14.4 Å². The fraction of sp³-hybridized carbons (Fsp3) is 0.238. The minimum atomic E-state index is 0.673. The zero-order valence-electron chi connectivity index (χ0n) is 15.7. The molecule has 0 amide bonds. The Bertz CT molecular complexity index is 1090. The fourth-order valence-corrected chi connectivity index (χ4v) is 3.75. The average molecular weight is 380 g/mol. The summed E-state index contributed by atoms with van der Waals surface area (Å²) in [4.78, 5) is 11.7. The summed E-state index contributed by atoms with van der Waals surface area (Å²) in [5.74, 6) is 0.746. The Kier molecular flexibility index (Phi) is 4.62. The molecule has 0 saturated heterocycles. The van der Waals surface area contributed by atoms with E-state index >= 15 is 0 Å². The first-order valence-electron chi connectivity index (χ1n) is 9.15. The van der Waals surface area contributed by atoms with Crippen molar-refractivity contribution >= 4 is 45.3 Å². The fourth-order valence-electron chi connectivity index (χ4n) is 3.48. The molecule has 4 rings (SSSR count). The van der Waals surface area contributed by atoms with Gasteiger partial charge in [-0.3, -0.25) is 4.40 Å². The number of fused-ring (bicyclic) bond motifs is 3. The minimum absolute atomic E-state index is 0.673. The van der Waals surface area contributed by atoms with Crippen LogP contribution in [0.3, 0.4) is 0 Å². The summed E-state index contributed by atoms with van der Waals surface area (Å²) >= 11 is 6.43. The molecule has 0 bridgehead atoms. The van der Waals surface area contributed by atoms with Gasteiger partial charge in [0.05, 0.1) is 34.4 Å². The lowest BCUT2D eigenvalue weighted by molar-refractivity contribution is 0.868. The lowest BCUT2D eigenvalue weighted by Crippen LogP contribution is -2.22. The van der Waals surface area contributed by atoms with Gasteiger partial charge in [0.25, 0.3) is 0 Å². The molecule has 2 heterocycles. The second-order valence-electron chi connectivity index (χ2n) is 6.48. The van der Waals surface area contributed by atoms with Gasteiger partial charge < -0.3 is 10.2 Å². The number of benzene rings is 2. The summed E-state index contributed by atoms with van der Waals surface area (Å²) in [7, 11) is 0. The third-order valence-corrected chi connectivity index (χ3v) is 5.24. The summed E-state index contributed by atoms with van der Waals surface area (Å²) in [6.45, 7) is 8.19. The van der Waals surface area contributed by atoms with Crippen molar-refractivity contribution in [2.24, 2.45) is 0 Å². The van der Waals surface area contributed by atoms with Crippen LogP contribution in [-0.2, 0) is 0 Å². The highest BCUT2D eigenvalue weighted by Crippen LogP contribution is 2.33. The molecule has 0 unspecified atom stereocenters. The van der Waals surface area contributed by atoms with E-state index in [4.69, 9.17) is 16.6 Å². The Hall–Kier alpha value is -2.79. The van der Waals surface area contributed by atoms with Crippen LogP contribution in [0.2, 0.25) is 5.02 Å². The SMILES string of the molecule is CCN(CC)c1cccc2c1nc(Nc1c(C)cccc1Cl)c1cncn12. The Labute approximate surface area is 163 Å². The number of nitrogens with zero attached hydrogens (tertiary/aromatic N) is 4. The van der Waals surface area contributed by atoms with Crippen LogP contribution in [0.4, 0.5) is 17.2 Å². The third kappa shape index (κ3) is 2.98. The van der Waals surface area contributed by atoms with Crippen LogP contribution in [0.25, 0.3) is 16.6 Å². The molecular weight excluding hydrogens is 358 g/mol. The largest absolute Gasteiger partial charge is 0.370 e. The summed E-state index contributed by atoms with van der Waals surface area (Å²) in [5, 5.41) is 4.11. The van der Waals surface area contributed by atoms with Crippen molar-refractivity contribution in [2.45, 2.75) is 20.8 Å². The topological polar surface area (TPSA) is 45.5 Å². The van der Waals surface area contributed by atoms with Crippen molar-refractivity contribution in [3.05, 3.63) is 59.5 Å². The van der Waals surface area contributed by atoms with Crippen LogP contribution >= 0.6 is 11.6 Å². The van der Waals surface area contributed by atoms with E-state index < -0.39 is 0 Å². The van der Waals surface area contributed by atoms with Crippen molar-refractivity contribution in [3.8, 4) is 0 Å². The molecule has 138 valence electrons. The monoisotopic (exact) mass is 379 g/mol. The van der Waals surface area contributed by atoms with Gasteiger partial charge in [-0.15, -0.1) is 0 Å².